The molecule has 1 aromatic carbocycles. The van der Waals surface area contributed by atoms with Gasteiger partial charge in [0, 0.05) is 0 Å². The first-order valence-corrected chi connectivity index (χ1v) is 3.48. The largest absolute Gasteiger partial charge is 0.418 e. The number of nitro groups is 1. The quantitative estimate of drug-likeness (QED) is 0.596. The van der Waals surface area contributed by atoms with E-state index in [-0.39, 0.29) is 0 Å². The van der Waals surface area contributed by atoms with Gasteiger partial charge in [-0.05, 0) is 12.1 Å². The molecule has 0 fully saturated rings. The van der Waals surface area contributed by atoms with E-state index >= 15 is 0 Å². The van der Waals surface area contributed by atoms with Crippen LogP contribution in [0.2, 0.25) is 0 Å². The smallest absolute Gasteiger partial charge is 0.235 e. The van der Waals surface area contributed by atoms with Crippen molar-refractivity contribution in [2.24, 2.45) is 0 Å². The molecule has 0 aliphatic heterocycles. The van der Waals surface area contributed by atoms with E-state index in [2.05, 4.69) is 0 Å². The van der Waals surface area contributed by atoms with Crippen LogP contribution in [0.4, 0.5) is 18.9 Å². The Kier molecular flexibility index (Phi) is 2.59. The molecule has 0 aliphatic rings. The molecule has 1 rings (SSSR count). The number of hydrogen-bond acceptors (Lipinski definition) is 2. The average molecular weight is 206 g/mol. The second-order valence-electron chi connectivity index (χ2n) is 2.41. The molecule has 0 unspecified atom stereocenters. The Morgan fingerprint density at radius 1 is 1.29 bits per heavy atom. The van der Waals surface area contributed by atoms with Crippen molar-refractivity contribution in [1.82, 2.24) is 0 Å². The van der Waals surface area contributed by atoms with E-state index in [1.54, 1.807) is 0 Å². The van der Waals surface area contributed by atoms with Gasteiger partial charge in [0.05, 0.1) is 5.56 Å². The summed E-state index contributed by atoms with van der Waals surface area (Å²) in [6.45, 7) is 0. The molecule has 0 saturated heterocycles. The number of benzene rings is 1. The van der Waals surface area contributed by atoms with Crippen molar-refractivity contribution in [2.45, 2.75) is 6.18 Å². The maximum atomic E-state index is 12.2. The number of hydrogen-bond donors (Lipinski definition) is 1. The first-order chi connectivity index (χ1) is 6.41. The molecule has 0 aromatic heterocycles. The van der Waals surface area contributed by atoms with E-state index < -0.39 is 22.5 Å². The molecule has 1 N–H and O–H groups in total. The van der Waals surface area contributed by atoms with Crippen molar-refractivity contribution in [3.63, 3.8) is 0 Å². The molecule has 0 amide bonds. The number of nitrogens with one attached hydrogen (secondary N) is 1. The van der Waals surface area contributed by atoms with Gasteiger partial charge in [0.15, 0.2) is 5.03 Å². The molecule has 0 spiro atoms. The lowest BCUT2D eigenvalue weighted by atomic mass is 10.2. The molecule has 0 aliphatic carbocycles. The van der Waals surface area contributed by atoms with E-state index in [0.29, 0.717) is 0 Å². The molecular weight excluding hydrogens is 201 g/mol. The van der Waals surface area contributed by atoms with Crippen LogP contribution in [0.5, 0.6) is 0 Å². The highest BCUT2D eigenvalue weighted by Crippen LogP contribution is 2.34. The van der Waals surface area contributed by atoms with Crippen LogP contribution >= 0.6 is 0 Å². The van der Waals surface area contributed by atoms with E-state index in [4.69, 9.17) is 0 Å². The first-order valence-electron chi connectivity index (χ1n) is 3.48. The summed E-state index contributed by atoms with van der Waals surface area (Å²) < 4.78 is 36.7. The third-order valence-corrected chi connectivity index (χ3v) is 1.44. The predicted octanol–water partition coefficient (Wildman–Crippen LogP) is 2.31. The maximum Gasteiger partial charge on any atom is 0.418 e. The highest BCUT2D eigenvalue weighted by atomic mass is 19.4. The van der Waals surface area contributed by atoms with Gasteiger partial charge in [-0.1, -0.05) is 12.1 Å². The van der Waals surface area contributed by atoms with Gasteiger partial charge in [0.25, 0.3) is 0 Å². The summed E-state index contributed by atoms with van der Waals surface area (Å²) >= 11 is 0. The highest BCUT2D eigenvalue weighted by Gasteiger charge is 2.34. The molecule has 76 valence electrons. The Morgan fingerprint density at radius 3 is 2.36 bits per heavy atom. The van der Waals surface area contributed by atoms with Crippen molar-refractivity contribution in [1.29, 1.82) is 0 Å². The van der Waals surface area contributed by atoms with Gasteiger partial charge in [-0.25, -0.2) is 10.1 Å². The van der Waals surface area contributed by atoms with Crippen molar-refractivity contribution < 1.29 is 18.2 Å². The number of rotatable bonds is 2. The lowest BCUT2D eigenvalue weighted by Crippen LogP contribution is -2.14. The summed E-state index contributed by atoms with van der Waals surface area (Å²) in [5, 5.41) is 8.94. The number of nitrogens with zero attached hydrogens (tertiary/aromatic N) is 1. The summed E-state index contributed by atoms with van der Waals surface area (Å²) in [6, 6.07) is 4.20. The van der Waals surface area contributed by atoms with Crippen molar-refractivity contribution in [2.75, 3.05) is 5.43 Å². The number of halogens is 3. The highest BCUT2D eigenvalue weighted by molar-refractivity contribution is 5.50. The molecule has 0 radical (unpaired) electrons. The molecule has 0 atom stereocenters. The first kappa shape index (κ1) is 10.3. The number of para-hydroxylation sites is 1. The van der Waals surface area contributed by atoms with Crippen LogP contribution in [0.3, 0.4) is 0 Å². The van der Waals surface area contributed by atoms with Gasteiger partial charge in [-0.2, -0.15) is 13.2 Å². The fraction of sp³-hybridized carbons (Fsp3) is 0.143. The standard InChI is InChI=1S/C7H5F3N2O2/c8-7(9,10)5-3-1-2-4-6(5)11-12(13)14/h1-4,11H. The van der Waals surface area contributed by atoms with E-state index in [1.165, 1.54) is 11.5 Å². The molecule has 1 aromatic rings. The van der Waals surface area contributed by atoms with Gasteiger partial charge in [0.2, 0.25) is 0 Å². The van der Waals surface area contributed by atoms with Crippen molar-refractivity contribution >= 4 is 5.69 Å². The van der Waals surface area contributed by atoms with Crippen molar-refractivity contribution in [3.05, 3.63) is 39.9 Å². The Bertz CT molecular complexity index is 351. The van der Waals surface area contributed by atoms with Crippen LogP contribution in [0, 0.1) is 10.1 Å². The number of hydrazine groups is 1. The molecule has 0 saturated carbocycles. The molecule has 7 heteroatoms. The third kappa shape index (κ3) is 2.35. The zero-order valence-corrected chi connectivity index (χ0v) is 6.71. The topological polar surface area (TPSA) is 55.2 Å². The normalized spacial score (nSPS) is 11.1. The Labute approximate surface area is 76.5 Å². The summed E-state index contributed by atoms with van der Waals surface area (Å²) in [6.07, 6.45) is -4.60. The lowest BCUT2D eigenvalue weighted by Gasteiger charge is -2.09. The van der Waals surface area contributed by atoms with E-state index in [0.717, 1.165) is 18.2 Å². The SMILES string of the molecule is O=[N+]([O-])Nc1ccccc1C(F)(F)F. The monoisotopic (exact) mass is 206 g/mol. The lowest BCUT2D eigenvalue weighted by molar-refractivity contribution is -0.445. The molecule has 14 heavy (non-hydrogen) atoms. The second kappa shape index (κ2) is 3.52. The van der Waals surface area contributed by atoms with E-state index in [9.17, 15) is 23.3 Å². The van der Waals surface area contributed by atoms with Gasteiger partial charge >= 0.3 is 6.18 Å². The minimum atomic E-state index is -4.60. The minimum absolute atomic E-state index is 0.565. The minimum Gasteiger partial charge on any atom is -0.235 e. The molecule has 0 heterocycles. The summed E-state index contributed by atoms with van der Waals surface area (Å²) in [4.78, 5) is 9.97. The van der Waals surface area contributed by atoms with Crippen LogP contribution in [0.15, 0.2) is 24.3 Å². The molecule has 0 bridgehead atoms. The van der Waals surface area contributed by atoms with Crippen molar-refractivity contribution in [3.8, 4) is 0 Å². The van der Waals surface area contributed by atoms with Crippen LogP contribution < -0.4 is 5.43 Å². The predicted molar refractivity (Wildman–Crippen MR) is 42.1 cm³/mol. The van der Waals surface area contributed by atoms with Crippen LogP contribution in [-0.4, -0.2) is 5.03 Å². The fourth-order valence-electron chi connectivity index (χ4n) is 0.926. The zero-order chi connectivity index (χ0) is 10.8. The molecular formula is C7H5F3N2O2. The Balaban J connectivity index is 3.10. The third-order valence-electron chi connectivity index (χ3n) is 1.44. The van der Waals surface area contributed by atoms with Crippen LogP contribution in [0.25, 0.3) is 0 Å². The summed E-state index contributed by atoms with van der Waals surface area (Å²) in [7, 11) is 0. The summed E-state index contributed by atoms with van der Waals surface area (Å²) in [5.41, 5.74) is -0.141. The Hall–Kier alpha value is -1.79. The average Bonchev–Trinajstić information content (AvgIpc) is 2.01. The summed E-state index contributed by atoms with van der Waals surface area (Å²) in [5.74, 6) is 0. The van der Waals surface area contributed by atoms with E-state index in [1.807, 2.05) is 0 Å². The fourth-order valence-corrected chi connectivity index (χ4v) is 0.926. The van der Waals surface area contributed by atoms with Gasteiger partial charge in [0.1, 0.15) is 5.69 Å². The zero-order valence-electron chi connectivity index (χ0n) is 6.71. The van der Waals surface area contributed by atoms with Gasteiger partial charge in [-0.3, -0.25) is 0 Å². The number of anilines is 1. The number of alkyl halides is 3. The van der Waals surface area contributed by atoms with Gasteiger partial charge in [-0.15, -0.1) is 5.43 Å². The van der Waals surface area contributed by atoms with Crippen LogP contribution in [-0.2, 0) is 6.18 Å². The Morgan fingerprint density at radius 2 is 1.86 bits per heavy atom. The molecule has 4 nitrogen and oxygen atoms in total. The second-order valence-corrected chi connectivity index (χ2v) is 2.41. The van der Waals surface area contributed by atoms with Crippen LogP contribution in [0.1, 0.15) is 5.56 Å². The van der Waals surface area contributed by atoms with Gasteiger partial charge < -0.3 is 0 Å². The maximum absolute atomic E-state index is 12.2.